The van der Waals surface area contributed by atoms with Gasteiger partial charge in [-0.05, 0) is 36.6 Å². The third-order valence-corrected chi connectivity index (χ3v) is 5.95. The Bertz CT molecular complexity index is 241. The van der Waals surface area contributed by atoms with E-state index in [9.17, 15) is 0 Å². The molecule has 2 heteroatoms. The molecule has 2 aliphatic rings. The Morgan fingerprint density at radius 3 is 2.12 bits per heavy atom. The van der Waals surface area contributed by atoms with Crippen LogP contribution in [0.3, 0.4) is 0 Å². The summed E-state index contributed by atoms with van der Waals surface area (Å²) in [5, 5.41) is 1.21. The Hall–Kier alpha value is 0.440. The number of hydrogen-bond acceptors (Lipinski definition) is 1. The Balaban J connectivity index is 1.94. The van der Waals surface area contributed by atoms with Gasteiger partial charge in [-0.25, -0.2) is 0 Å². The average molecular weight is 302 g/mol. The van der Waals surface area contributed by atoms with E-state index in [0.717, 1.165) is 0 Å². The van der Waals surface area contributed by atoms with E-state index < -0.39 is 0 Å². The zero-order chi connectivity index (χ0) is 12.4. The molecule has 100 valence electrons. The molecule has 0 spiro atoms. The fraction of sp³-hybridized carbons (Fsp3) is 1.00. The van der Waals surface area contributed by atoms with Crippen molar-refractivity contribution in [3.8, 4) is 0 Å². The van der Waals surface area contributed by atoms with E-state index in [1.165, 1.54) is 69.9 Å². The van der Waals surface area contributed by atoms with Crippen LogP contribution in [0.25, 0.3) is 0 Å². The molecular weight excluding hydrogens is 274 g/mol. The molecule has 17 heavy (non-hydrogen) atoms. The highest BCUT2D eigenvalue weighted by atomic mass is 79.9. The van der Waals surface area contributed by atoms with E-state index in [2.05, 4.69) is 34.7 Å². The Morgan fingerprint density at radius 2 is 1.65 bits per heavy atom. The van der Waals surface area contributed by atoms with Gasteiger partial charge in [-0.1, -0.05) is 55.5 Å². The van der Waals surface area contributed by atoms with Crippen LogP contribution in [0.5, 0.6) is 0 Å². The molecule has 0 amide bonds. The standard InChI is InChI=1S/C15H28BrN/c1-14(2)9-10-17(12-14)13-15(11-16)7-5-3-4-6-8-15/h3-13H2,1-2H3. The minimum Gasteiger partial charge on any atom is -0.302 e. The van der Waals surface area contributed by atoms with Gasteiger partial charge in [0, 0.05) is 18.4 Å². The molecule has 0 aromatic rings. The molecular formula is C15H28BrN. The molecule has 0 aromatic heterocycles. The van der Waals surface area contributed by atoms with E-state index in [1.807, 2.05) is 0 Å². The van der Waals surface area contributed by atoms with Crippen LogP contribution in [0.15, 0.2) is 0 Å². The lowest BCUT2D eigenvalue weighted by molar-refractivity contribution is 0.164. The number of likely N-dealkylation sites (tertiary alicyclic amines) is 1. The minimum atomic E-state index is 0.554. The first-order valence-corrected chi connectivity index (χ1v) is 8.46. The van der Waals surface area contributed by atoms with Crippen molar-refractivity contribution in [2.24, 2.45) is 10.8 Å². The molecule has 1 aliphatic carbocycles. The van der Waals surface area contributed by atoms with Crippen molar-refractivity contribution in [3.63, 3.8) is 0 Å². The van der Waals surface area contributed by atoms with Gasteiger partial charge in [0.1, 0.15) is 0 Å². The first-order valence-electron chi connectivity index (χ1n) is 7.34. The van der Waals surface area contributed by atoms with Gasteiger partial charge in [-0.15, -0.1) is 0 Å². The lowest BCUT2D eigenvalue weighted by atomic mass is 9.82. The van der Waals surface area contributed by atoms with Crippen LogP contribution in [-0.4, -0.2) is 29.9 Å². The quantitative estimate of drug-likeness (QED) is 0.550. The monoisotopic (exact) mass is 301 g/mol. The van der Waals surface area contributed by atoms with Crippen molar-refractivity contribution in [3.05, 3.63) is 0 Å². The minimum absolute atomic E-state index is 0.554. The summed E-state index contributed by atoms with van der Waals surface area (Å²) >= 11 is 3.81. The number of alkyl halides is 1. The van der Waals surface area contributed by atoms with Gasteiger partial charge in [0.15, 0.2) is 0 Å². The van der Waals surface area contributed by atoms with E-state index in [1.54, 1.807) is 0 Å². The maximum atomic E-state index is 3.81. The summed E-state index contributed by atoms with van der Waals surface area (Å²) in [6.07, 6.45) is 10.1. The first kappa shape index (κ1) is 13.9. The molecule has 1 nitrogen and oxygen atoms in total. The summed E-state index contributed by atoms with van der Waals surface area (Å²) < 4.78 is 0. The van der Waals surface area contributed by atoms with Crippen LogP contribution in [-0.2, 0) is 0 Å². The summed E-state index contributed by atoms with van der Waals surface area (Å²) in [6, 6.07) is 0. The van der Waals surface area contributed by atoms with Crippen molar-refractivity contribution in [1.29, 1.82) is 0 Å². The van der Waals surface area contributed by atoms with Crippen molar-refractivity contribution in [2.75, 3.05) is 25.0 Å². The van der Waals surface area contributed by atoms with Crippen molar-refractivity contribution < 1.29 is 0 Å². The summed E-state index contributed by atoms with van der Waals surface area (Å²) in [5.74, 6) is 0. The molecule has 1 heterocycles. The Labute approximate surface area is 115 Å². The van der Waals surface area contributed by atoms with Crippen LogP contribution in [0.4, 0.5) is 0 Å². The molecule has 2 fully saturated rings. The van der Waals surface area contributed by atoms with Gasteiger partial charge in [-0.3, -0.25) is 0 Å². The zero-order valence-corrected chi connectivity index (χ0v) is 13.2. The largest absolute Gasteiger partial charge is 0.302 e. The van der Waals surface area contributed by atoms with Crippen LogP contribution >= 0.6 is 15.9 Å². The fourth-order valence-corrected chi connectivity index (χ4v) is 4.38. The summed E-state index contributed by atoms with van der Waals surface area (Å²) in [4.78, 5) is 2.73. The zero-order valence-electron chi connectivity index (χ0n) is 11.6. The predicted octanol–water partition coefficient (Wildman–Crippen LogP) is 4.45. The summed E-state index contributed by atoms with van der Waals surface area (Å²) in [5.41, 5.74) is 1.13. The van der Waals surface area contributed by atoms with Crippen LogP contribution < -0.4 is 0 Å². The molecule has 0 radical (unpaired) electrons. The lowest BCUT2D eigenvalue weighted by Crippen LogP contribution is -2.38. The topological polar surface area (TPSA) is 3.24 Å². The highest BCUT2D eigenvalue weighted by Gasteiger charge is 2.36. The van der Waals surface area contributed by atoms with Gasteiger partial charge >= 0.3 is 0 Å². The fourth-order valence-electron chi connectivity index (χ4n) is 3.65. The normalized spacial score (nSPS) is 29.1. The molecule has 1 saturated heterocycles. The average Bonchev–Trinajstić information content (AvgIpc) is 2.52. The third-order valence-electron chi connectivity index (χ3n) is 4.76. The molecule has 0 unspecified atom stereocenters. The third kappa shape index (κ3) is 3.70. The summed E-state index contributed by atoms with van der Waals surface area (Å²) in [7, 11) is 0. The molecule has 0 aromatic carbocycles. The highest BCUT2D eigenvalue weighted by molar-refractivity contribution is 9.09. The van der Waals surface area contributed by atoms with Gasteiger partial charge < -0.3 is 4.90 Å². The van der Waals surface area contributed by atoms with Gasteiger partial charge in [0.2, 0.25) is 0 Å². The van der Waals surface area contributed by atoms with Crippen LogP contribution in [0.1, 0.15) is 58.8 Å². The second-order valence-electron chi connectivity index (χ2n) is 7.17. The molecule has 0 atom stereocenters. The SMILES string of the molecule is CC1(C)CCN(CC2(CBr)CCCCCC2)C1. The number of nitrogens with zero attached hydrogens (tertiary/aromatic N) is 1. The second kappa shape index (κ2) is 5.61. The maximum absolute atomic E-state index is 3.81. The van der Waals surface area contributed by atoms with E-state index in [0.29, 0.717) is 10.8 Å². The Kier molecular flexibility index (Phi) is 4.57. The van der Waals surface area contributed by atoms with E-state index in [4.69, 9.17) is 0 Å². The van der Waals surface area contributed by atoms with Crippen molar-refractivity contribution in [2.45, 2.75) is 58.8 Å². The van der Waals surface area contributed by atoms with Gasteiger partial charge in [-0.2, -0.15) is 0 Å². The van der Waals surface area contributed by atoms with E-state index in [-0.39, 0.29) is 0 Å². The molecule has 1 aliphatic heterocycles. The van der Waals surface area contributed by atoms with Crippen molar-refractivity contribution in [1.82, 2.24) is 4.90 Å². The van der Waals surface area contributed by atoms with Crippen LogP contribution in [0.2, 0.25) is 0 Å². The number of hydrogen-bond donors (Lipinski definition) is 0. The van der Waals surface area contributed by atoms with Gasteiger partial charge in [0.25, 0.3) is 0 Å². The molecule has 0 bridgehead atoms. The smallest absolute Gasteiger partial charge is 0.0100 e. The number of rotatable bonds is 3. The van der Waals surface area contributed by atoms with Crippen molar-refractivity contribution >= 4 is 15.9 Å². The van der Waals surface area contributed by atoms with E-state index >= 15 is 0 Å². The highest BCUT2D eigenvalue weighted by Crippen LogP contribution is 2.39. The predicted molar refractivity (Wildman–Crippen MR) is 78.8 cm³/mol. The van der Waals surface area contributed by atoms with Gasteiger partial charge in [0.05, 0.1) is 0 Å². The molecule has 1 saturated carbocycles. The Morgan fingerprint density at radius 1 is 1.00 bits per heavy atom. The number of halogens is 1. The maximum Gasteiger partial charge on any atom is 0.0100 e. The molecule has 2 rings (SSSR count). The second-order valence-corrected chi connectivity index (χ2v) is 7.73. The first-order chi connectivity index (χ1) is 8.05. The van der Waals surface area contributed by atoms with Crippen LogP contribution in [0, 0.1) is 10.8 Å². The molecule has 0 N–H and O–H groups in total. The lowest BCUT2D eigenvalue weighted by Gasteiger charge is -2.35. The summed E-state index contributed by atoms with van der Waals surface area (Å²) in [6.45, 7) is 8.80.